The maximum atomic E-state index is 14.7. The molecule has 1 fully saturated rings. The Morgan fingerprint density at radius 3 is 2.53 bits per heavy atom. The first kappa shape index (κ1) is 25.5. The number of anilines is 2. The molecule has 0 radical (unpaired) electrons. The topological polar surface area (TPSA) is 96.5 Å². The second-order valence-electron chi connectivity index (χ2n) is 9.07. The number of nitrogens with zero attached hydrogens (tertiary/aromatic N) is 4. The van der Waals surface area contributed by atoms with E-state index in [4.69, 9.17) is 27.3 Å². The van der Waals surface area contributed by atoms with Crippen molar-refractivity contribution >= 4 is 34.9 Å². The van der Waals surface area contributed by atoms with Crippen molar-refractivity contribution in [1.82, 2.24) is 14.9 Å². The maximum absolute atomic E-state index is 14.7. The lowest BCUT2D eigenvalue weighted by Crippen LogP contribution is -2.57. The predicted molar refractivity (Wildman–Crippen MR) is 149 cm³/mol. The zero-order chi connectivity index (χ0) is 25.5. The molecule has 1 amide bonds. The van der Waals surface area contributed by atoms with Crippen LogP contribution in [0.4, 0.5) is 16.0 Å². The van der Waals surface area contributed by atoms with Crippen molar-refractivity contribution in [3.05, 3.63) is 106 Å². The van der Waals surface area contributed by atoms with Gasteiger partial charge in [-0.05, 0) is 48.5 Å². The number of nitrogens with two attached hydrogens (primary N) is 1. The summed E-state index contributed by atoms with van der Waals surface area (Å²) < 4.78 is 14.7. The largest absolute Gasteiger partial charge is 0.335 e. The van der Waals surface area contributed by atoms with Gasteiger partial charge < -0.3 is 16.0 Å². The van der Waals surface area contributed by atoms with Gasteiger partial charge in [-0.1, -0.05) is 37.2 Å². The van der Waals surface area contributed by atoms with E-state index in [2.05, 4.69) is 10.3 Å². The molecule has 6 rings (SSSR count). The molecular weight excluding hydrogens is 503 g/mol. The van der Waals surface area contributed by atoms with Gasteiger partial charge in [0.05, 0.1) is 18.0 Å². The average Bonchev–Trinajstić information content (AvgIpc) is 3.03. The summed E-state index contributed by atoms with van der Waals surface area (Å²) in [6.45, 7) is 1.45. The molecule has 3 aromatic carbocycles. The number of aliphatic imine (C=N–C) groups is 1. The van der Waals surface area contributed by atoms with Crippen molar-refractivity contribution in [3.63, 3.8) is 0 Å². The van der Waals surface area contributed by atoms with Crippen molar-refractivity contribution in [1.29, 1.82) is 0 Å². The SMILES string of the molecule is C.NC1CN(C(=O)c2ccc(Nc3ncc4c(n3)-c3ccc(Cl)cc3C(c3ccccc3F)=NC4)cc2)C1. The minimum Gasteiger partial charge on any atom is -0.335 e. The van der Waals surface area contributed by atoms with E-state index in [0.717, 1.165) is 16.8 Å². The number of halogens is 2. The predicted octanol–water partition coefficient (Wildman–Crippen LogP) is 5.45. The van der Waals surface area contributed by atoms with E-state index < -0.39 is 0 Å². The first-order valence-corrected chi connectivity index (χ1v) is 12.2. The van der Waals surface area contributed by atoms with E-state index >= 15 is 0 Å². The van der Waals surface area contributed by atoms with Gasteiger partial charge in [-0.15, -0.1) is 0 Å². The number of nitrogens with one attached hydrogen (secondary N) is 1. The summed E-state index contributed by atoms with van der Waals surface area (Å²) in [4.78, 5) is 28.2. The number of likely N-dealkylation sites (tertiary alicyclic amines) is 1. The quantitative estimate of drug-likeness (QED) is 0.367. The number of rotatable bonds is 4. The zero-order valence-corrected chi connectivity index (χ0v) is 20.4. The first-order chi connectivity index (χ1) is 18.0. The van der Waals surface area contributed by atoms with Crippen LogP contribution < -0.4 is 11.1 Å². The molecule has 0 aliphatic carbocycles. The van der Waals surface area contributed by atoms with Crippen LogP contribution in [-0.4, -0.2) is 45.6 Å². The van der Waals surface area contributed by atoms with Crippen LogP contribution in [0.1, 0.15) is 34.5 Å². The highest BCUT2D eigenvalue weighted by Gasteiger charge is 2.28. The van der Waals surface area contributed by atoms with Gasteiger partial charge in [-0.25, -0.2) is 14.4 Å². The summed E-state index contributed by atoms with van der Waals surface area (Å²) in [5.41, 5.74) is 11.1. The number of aromatic nitrogens is 2. The normalized spacial score (nSPS) is 14.3. The minimum absolute atomic E-state index is 0. The number of carbonyl (C=O) groups excluding carboxylic acids is 1. The van der Waals surface area contributed by atoms with Crippen molar-refractivity contribution in [2.75, 3.05) is 18.4 Å². The van der Waals surface area contributed by atoms with Gasteiger partial charge in [0.15, 0.2) is 0 Å². The van der Waals surface area contributed by atoms with Crippen LogP contribution in [0.25, 0.3) is 11.3 Å². The number of fused-ring (bicyclic) bond motifs is 3. The Labute approximate surface area is 225 Å². The van der Waals surface area contributed by atoms with Crippen molar-refractivity contribution in [2.24, 2.45) is 10.7 Å². The Balaban J connectivity index is 0.00000294. The molecule has 0 bridgehead atoms. The molecule has 2 aliphatic heterocycles. The Morgan fingerprint density at radius 2 is 1.79 bits per heavy atom. The molecule has 0 unspecified atom stereocenters. The van der Waals surface area contributed by atoms with E-state index in [0.29, 0.717) is 58.7 Å². The maximum Gasteiger partial charge on any atom is 0.253 e. The van der Waals surface area contributed by atoms with Crippen LogP contribution in [0.5, 0.6) is 0 Å². The van der Waals surface area contributed by atoms with Crippen molar-refractivity contribution in [2.45, 2.75) is 20.0 Å². The molecule has 0 saturated carbocycles. The second-order valence-corrected chi connectivity index (χ2v) is 9.51. The number of amides is 1. The summed E-state index contributed by atoms with van der Waals surface area (Å²) >= 11 is 6.34. The van der Waals surface area contributed by atoms with E-state index in [9.17, 15) is 9.18 Å². The summed E-state index contributed by atoms with van der Waals surface area (Å²) in [5, 5.41) is 3.73. The highest BCUT2D eigenvalue weighted by Crippen LogP contribution is 2.34. The van der Waals surface area contributed by atoms with Gasteiger partial charge >= 0.3 is 0 Å². The Bertz CT molecular complexity index is 1550. The smallest absolute Gasteiger partial charge is 0.253 e. The van der Waals surface area contributed by atoms with Crippen LogP contribution in [-0.2, 0) is 6.54 Å². The lowest BCUT2D eigenvalue weighted by Gasteiger charge is -2.36. The highest BCUT2D eigenvalue weighted by atomic mass is 35.5. The van der Waals surface area contributed by atoms with Crippen molar-refractivity contribution in [3.8, 4) is 11.3 Å². The van der Waals surface area contributed by atoms with Gasteiger partial charge in [0.2, 0.25) is 5.95 Å². The van der Waals surface area contributed by atoms with E-state index in [1.165, 1.54) is 6.07 Å². The Kier molecular flexibility index (Phi) is 6.93. The van der Waals surface area contributed by atoms with Crippen LogP contribution in [0, 0.1) is 5.82 Å². The van der Waals surface area contributed by atoms with Gasteiger partial charge in [0.1, 0.15) is 5.82 Å². The first-order valence-electron chi connectivity index (χ1n) is 11.8. The summed E-state index contributed by atoms with van der Waals surface area (Å²) in [5.74, 6) is 0.00249. The van der Waals surface area contributed by atoms with Crippen LogP contribution in [0.3, 0.4) is 0 Å². The van der Waals surface area contributed by atoms with Crippen molar-refractivity contribution < 1.29 is 9.18 Å². The van der Waals surface area contributed by atoms with E-state index in [1.54, 1.807) is 53.6 Å². The number of benzene rings is 3. The molecule has 3 N–H and O–H groups in total. The van der Waals surface area contributed by atoms with Crippen LogP contribution >= 0.6 is 11.6 Å². The molecule has 1 saturated heterocycles. The van der Waals surface area contributed by atoms with Gasteiger partial charge in [-0.2, -0.15) is 0 Å². The minimum atomic E-state index is -0.356. The number of carbonyl (C=O) groups is 1. The number of hydrogen-bond acceptors (Lipinski definition) is 6. The van der Waals surface area contributed by atoms with Crippen LogP contribution in [0.2, 0.25) is 5.02 Å². The van der Waals surface area contributed by atoms with Gasteiger partial charge in [0, 0.05) is 63.9 Å². The number of hydrogen-bond donors (Lipinski definition) is 2. The molecule has 4 aromatic rings. The third kappa shape index (κ3) is 4.76. The Morgan fingerprint density at radius 1 is 1.03 bits per heavy atom. The fourth-order valence-electron chi connectivity index (χ4n) is 4.55. The van der Waals surface area contributed by atoms with Gasteiger partial charge in [-0.3, -0.25) is 9.79 Å². The fraction of sp³-hybridized carbons (Fsp3) is 0.172. The second kappa shape index (κ2) is 10.3. The molecule has 38 heavy (non-hydrogen) atoms. The summed E-state index contributed by atoms with van der Waals surface area (Å²) in [6, 6.07) is 19.2. The molecular formula is C29H26ClFN6O. The standard InChI is InChI=1S/C28H22ClFN6O.CH4/c29-18-7-10-21-23(11-18)26(22-3-1-2-4-24(22)30)32-12-17-13-33-28(35-25(17)21)34-20-8-5-16(6-9-20)27(37)36-14-19(31)15-36;/h1-11,13,19H,12,14-15,31H2,(H,33,34,35);1H4. The molecule has 0 spiro atoms. The van der Waals surface area contributed by atoms with E-state index in [-0.39, 0.29) is 25.2 Å². The van der Waals surface area contributed by atoms with E-state index in [1.807, 2.05) is 18.2 Å². The third-order valence-electron chi connectivity index (χ3n) is 6.48. The highest BCUT2D eigenvalue weighted by molar-refractivity contribution is 6.31. The lowest BCUT2D eigenvalue weighted by molar-refractivity contribution is 0.0608. The molecule has 2 aliphatic rings. The van der Waals surface area contributed by atoms with Gasteiger partial charge in [0.25, 0.3) is 5.91 Å². The molecule has 9 heteroatoms. The summed E-state index contributed by atoms with van der Waals surface area (Å²) in [7, 11) is 0. The average molecular weight is 529 g/mol. The molecule has 7 nitrogen and oxygen atoms in total. The molecule has 3 heterocycles. The van der Waals surface area contributed by atoms with Crippen LogP contribution in [0.15, 0.2) is 77.9 Å². The monoisotopic (exact) mass is 528 g/mol. The zero-order valence-electron chi connectivity index (χ0n) is 19.7. The molecule has 1 aromatic heterocycles. The fourth-order valence-corrected chi connectivity index (χ4v) is 4.73. The molecule has 192 valence electrons. The summed E-state index contributed by atoms with van der Waals surface area (Å²) in [6.07, 6.45) is 1.72. The lowest BCUT2D eigenvalue weighted by atomic mass is 9.95. The third-order valence-corrected chi connectivity index (χ3v) is 6.71. The Hall–Kier alpha value is -4.14. The molecule has 0 atom stereocenters.